The minimum atomic E-state index is -0.700. The van der Waals surface area contributed by atoms with Crippen LogP contribution in [-0.4, -0.2) is 31.2 Å². The maximum atomic E-state index is 12.0. The minimum Gasteiger partial charge on any atom is -0.392 e. The number of hydrogen-bond donors (Lipinski definition) is 1. The van der Waals surface area contributed by atoms with Crippen molar-refractivity contribution in [3.63, 3.8) is 0 Å². The Morgan fingerprint density at radius 2 is 1.60 bits per heavy atom. The fraction of sp³-hybridized carbons (Fsp3) is 0.867. The van der Waals surface area contributed by atoms with Crippen molar-refractivity contribution in [1.29, 1.82) is 0 Å². The first kappa shape index (κ1) is 15.4. The highest BCUT2D eigenvalue weighted by molar-refractivity contribution is 5.89. The van der Waals surface area contributed by atoms with Crippen LogP contribution in [-0.2, 0) is 19.1 Å². The summed E-state index contributed by atoms with van der Waals surface area (Å²) in [4.78, 5) is 24.0. The van der Waals surface area contributed by atoms with Crippen LogP contribution < -0.4 is 5.73 Å². The van der Waals surface area contributed by atoms with Gasteiger partial charge in [-0.25, -0.2) is 4.79 Å². The van der Waals surface area contributed by atoms with Gasteiger partial charge in [0.05, 0.1) is 5.92 Å². The number of ether oxygens (including phenoxy) is 2. The molecule has 5 nitrogen and oxygen atoms in total. The second-order valence-electron chi connectivity index (χ2n) is 5.90. The van der Waals surface area contributed by atoms with Crippen LogP contribution in [0.5, 0.6) is 0 Å². The molecule has 0 amide bonds. The van der Waals surface area contributed by atoms with Gasteiger partial charge in [0.15, 0.2) is 0 Å². The van der Waals surface area contributed by atoms with E-state index in [1.165, 1.54) is 12.8 Å². The Morgan fingerprint density at radius 3 is 2.20 bits per heavy atom. The maximum absolute atomic E-state index is 12.0. The van der Waals surface area contributed by atoms with Crippen molar-refractivity contribution in [2.45, 2.75) is 57.4 Å². The van der Waals surface area contributed by atoms with Gasteiger partial charge in [-0.3, -0.25) is 4.79 Å². The normalized spacial score (nSPS) is 23.9. The molecule has 114 valence electrons. The first-order valence-electron chi connectivity index (χ1n) is 7.77. The SMILES string of the molecule is NC(C(=O)OC(=O)C1CCCCCC1)C1CCOCC1. The fourth-order valence-electron chi connectivity index (χ4n) is 3.03. The van der Waals surface area contributed by atoms with Gasteiger partial charge in [0.25, 0.3) is 0 Å². The molecule has 1 heterocycles. The van der Waals surface area contributed by atoms with Crippen molar-refractivity contribution in [1.82, 2.24) is 0 Å². The second kappa shape index (κ2) is 7.74. The third kappa shape index (κ3) is 4.28. The van der Waals surface area contributed by atoms with E-state index in [0.717, 1.165) is 38.5 Å². The van der Waals surface area contributed by atoms with E-state index < -0.39 is 12.0 Å². The van der Waals surface area contributed by atoms with Crippen LogP contribution in [0.2, 0.25) is 0 Å². The lowest BCUT2D eigenvalue weighted by Crippen LogP contribution is -2.43. The minimum absolute atomic E-state index is 0.0678. The average molecular weight is 283 g/mol. The van der Waals surface area contributed by atoms with E-state index >= 15 is 0 Å². The van der Waals surface area contributed by atoms with Crippen molar-refractivity contribution in [3.8, 4) is 0 Å². The Bertz CT molecular complexity index is 331. The monoisotopic (exact) mass is 283 g/mol. The van der Waals surface area contributed by atoms with Crippen molar-refractivity contribution in [2.24, 2.45) is 17.6 Å². The molecule has 2 aliphatic rings. The van der Waals surface area contributed by atoms with Crippen LogP contribution in [0.15, 0.2) is 0 Å². The summed E-state index contributed by atoms with van der Waals surface area (Å²) in [5, 5.41) is 0. The van der Waals surface area contributed by atoms with Gasteiger partial charge in [0, 0.05) is 13.2 Å². The molecule has 2 rings (SSSR count). The number of rotatable bonds is 3. The number of hydrogen-bond acceptors (Lipinski definition) is 5. The molecular formula is C15H25NO4. The Hall–Kier alpha value is -0.940. The Labute approximate surface area is 120 Å². The van der Waals surface area contributed by atoms with E-state index in [2.05, 4.69) is 0 Å². The summed E-state index contributed by atoms with van der Waals surface area (Å²) in [6, 6.07) is -0.700. The molecule has 0 bridgehead atoms. The van der Waals surface area contributed by atoms with Crippen LogP contribution in [0.25, 0.3) is 0 Å². The molecule has 20 heavy (non-hydrogen) atoms. The third-order valence-electron chi connectivity index (χ3n) is 4.44. The lowest BCUT2D eigenvalue weighted by molar-refractivity contribution is -0.165. The molecule has 0 aromatic heterocycles. The van der Waals surface area contributed by atoms with E-state index in [0.29, 0.717) is 13.2 Å². The summed E-state index contributed by atoms with van der Waals surface area (Å²) in [5.41, 5.74) is 5.92. The highest BCUT2D eigenvalue weighted by Gasteiger charge is 2.31. The summed E-state index contributed by atoms with van der Waals surface area (Å²) in [6.45, 7) is 1.25. The van der Waals surface area contributed by atoms with E-state index in [9.17, 15) is 9.59 Å². The molecule has 0 spiro atoms. The van der Waals surface area contributed by atoms with Gasteiger partial charge in [-0.05, 0) is 31.6 Å². The zero-order valence-electron chi connectivity index (χ0n) is 12.0. The predicted molar refractivity (Wildman–Crippen MR) is 73.8 cm³/mol. The second-order valence-corrected chi connectivity index (χ2v) is 5.90. The molecule has 1 saturated heterocycles. The van der Waals surface area contributed by atoms with Crippen molar-refractivity contribution >= 4 is 11.9 Å². The zero-order valence-corrected chi connectivity index (χ0v) is 12.0. The van der Waals surface area contributed by atoms with Gasteiger partial charge in [-0.1, -0.05) is 25.7 Å². The van der Waals surface area contributed by atoms with Gasteiger partial charge < -0.3 is 15.2 Å². The topological polar surface area (TPSA) is 78.6 Å². The van der Waals surface area contributed by atoms with Gasteiger partial charge in [0.1, 0.15) is 6.04 Å². The smallest absolute Gasteiger partial charge is 0.330 e. The number of esters is 2. The molecule has 1 saturated carbocycles. The van der Waals surface area contributed by atoms with Crippen molar-refractivity contribution in [2.75, 3.05) is 13.2 Å². The third-order valence-corrected chi connectivity index (χ3v) is 4.44. The molecule has 5 heteroatoms. The van der Waals surface area contributed by atoms with E-state index in [-0.39, 0.29) is 17.8 Å². The van der Waals surface area contributed by atoms with E-state index in [1.807, 2.05) is 0 Å². The lowest BCUT2D eigenvalue weighted by atomic mass is 9.92. The molecule has 0 radical (unpaired) electrons. The Kier molecular flexibility index (Phi) is 5.98. The van der Waals surface area contributed by atoms with Crippen LogP contribution in [0.3, 0.4) is 0 Å². The Balaban J connectivity index is 1.81. The van der Waals surface area contributed by atoms with Crippen molar-refractivity contribution in [3.05, 3.63) is 0 Å². The summed E-state index contributed by atoms with van der Waals surface area (Å²) >= 11 is 0. The molecule has 1 aliphatic heterocycles. The van der Waals surface area contributed by atoms with Crippen LogP contribution in [0.1, 0.15) is 51.4 Å². The molecular weight excluding hydrogens is 258 g/mol. The highest BCUT2D eigenvalue weighted by atomic mass is 16.6. The first-order valence-corrected chi connectivity index (χ1v) is 7.77. The van der Waals surface area contributed by atoms with Crippen molar-refractivity contribution < 1.29 is 19.1 Å². The molecule has 2 fully saturated rings. The van der Waals surface area contributed by atoms with Gasteiger partial charge in [0.2, 0.25) is 0 Å². The molecule has 2 N–H and O–H groups in total. The van der Waals surface area contributed by atoms with Crippen LogP contribution in [0, 0.1) is 11.8 Å². The maximum Gasteiger partial charge on any atom is 0.330 e. The van der Waals surface area contributed by atoms with Gasteiger partial charge in [-0.15, -0.1) is 0 Å². The fourth-order valence-corrected chi connectivity index (χ4v) is 3.03. The molecule has 1 unspecified atom stereocenters. The highest BCUT2D eigenvalue weighted by Crippen LogP contribution is 2.24. The Morgan fingerprint density at radius 1 is 1.00 bits per heavy atom. The molecule has 1 aliphatic carbocycles. The zero-order chi connectivity index (χ0) is 14.4. The summed E-state index contributed by atoms with van der Waals surface area (Å²) < 4.78 is 10.3. The number of nitrogens with two attached hydrogens (primary N) is 1. The quantitative estimate of drug-likeness (QED) is 0.485. The van der Waals surface area contributed by atoms with Crippen LogP contribution >= 0.6 is 0 Å². The standard InChI is InChI=1S/C15H25NO4/c16-13(11-7-9-19-10-8-11)15(18)20-14(17)12-5-3-1-2-4-6-12/h11-13H,1-10,16H2. The lowest BCUT2D eigenvalue weighted by Gasteiger charge is -2.26. The van der Waals surface area contributed by atoms with Gasteiger partial charge in [-0.2, -0.15) is 0 Å². The van der Waals surface area contributed by atoms with E-state index in [4.69, 9.17) is 15.2 Å². The van der Waals surface area contributed by atoms with Gasteiger partial charge >= 0.3 is 11.9 Å². The summed E-state index contributed by atoms with van der Waals surface area (Å²) in [5.74, 6) is -0.993. The molecule has 1 atom stereocenters. The first-order chi connectivity index (χ1) is 9.68. The summed E-state index contributed by atoms with van der Waals surface area (Å²) in [6.07, 6.45) is 7.59. The molecule has 0 aromatic carbocycles. The largest absolute Gasteiger partial charge is 0.392 e. The summed E-state index contributed by atoms with van der Waals surface area (Å²) in [7, 11) is 0. The number of carbonyl (C=O) groups is 2. The molecule has 0 aromatic rings. The predicted octanol–water partition coefficient (Wildman–Crippen LogP) is 1.78. The van der Waals surface area contributed by atoms with Crippen LogP contribution in [0.4, 0.5) is 0 Å². The van der Waals surface area contributed by atoms with E-state index in [1.54, 1.807) is 0 Å². The number of carbonyl (C=O) groups excluding carboxylic acids is 2. The average Bonchev–Trinajstić information content (AvgIpc) is 2.76.